The van der Waals surface area contributed by atoms with Crippen LogP contribution in [0.15, 0.2) is 18.2 Å². The SMILES string of the molecule is Cc1ccc(C(C)C)c(O[C@@H](C)C(=O)NC2CCN(C)CC2)c1. The van der Waals surface area contributed by atoms with E-state index >= 15 is 0 Å². The zero-order valence-electron chi connectivity index (χ0n) is 15.1. The summed E-state index contributed by atoms with van der Waals surface area (Å²) in [5.74, 6) is 1.18. The highest BCUT2D eigenvalue weighted by Crippen LogP contribution is 2.28. The van der Waals surface area contributed by atoms with Gasteiger partial charge in [0.1, 0.15) is 5.75 Å². The van der Waals surface area contributed by atoms with Gasteiger partial charge in [-0.3, -0.25) is 4.79 Å². The van der Waals surface area contributed by atoms with Crippen LogP contribution in [0.1, 0.15) is 50.7 Å². The van der Waals surface area contributed by atoms with Crippen LogP contribution >= 0.6 is 0 Å². The molecule has 128 valence electrons. The minimum absolute atomic E-state index is 0.0178. The van der Waals surface area contributed by atoms with Crippen molar-refractivity contribution >= 4 is 5.91 Å². The highest BCUT2D eigenvalue weighted by atomic mass is 16.5. The van der Waals surface area contributed by atoms with Crippen molar-refractivity contribution in [2.45, 2.75) is 58.6 Å². The molecule has 1 aliphatic rings. The molecule has 0 aromatic heterocycles. The molecule has 0 unspecified atom stereocenters. The molecular weight excluding hydrogens is 288 g/mol. The van der Waals surface area contributed by atoms with Crippen LogP contribution in [-0.2, 0) is 4.79 Å². The molecule has 0 aliphatic carbocycles. The summed E-state index contributed by atoms with van der Waals surface area (Å²) in [5, 5.41) is 3.13. The Bertz CT molecular complexity index is 534. The number of carbonyl (C=O) groups excluding carboxylic acids is 1. The fourth-order valence-corrected chi connectivity index (χ4v) is 2.94. The summed E-state index contributed by atoms with van der Waals surface area (Å²) in [6.07, 6.45) is 1.54. The standard InChI is InChI=1S/C19H30N2O2/c1-13(2)17-7-6-14(3)12-18(17)23-15(4)19(22)20-16-8-10-21(5)11-9-16/h6-7,12-13,15-16H,8-11H2,1-5H3,(H,20,22)/t15-/m0/s1. The van der Waals surface area contributed by atoms with Gasteiger partial charge in [0.05, 0.1) is 0 Å². The van der Waals surface area contributed by atoms with E-state index in [2.05, 4.69) is 43.2 Å². The quantitative estimate of drug-likeness (QED) is 0.907. The molecule has 1 saturated heterocycles. The van der Waals surface area contributed by atoms with Gasteiger partial charge in [-0.2, -0.15) is 0 Å². The van der Waals surface area contributed by atoms with Gasteiger partial charge < -0.3 is 15.0 Å². The third kappa shape index (κ3) is 4.96. The number of hydrogen-bond acceptors (Lipinski definition) is 3. The van der Waals surface area contributed by atoms with Crippen molar-refractivity contribution in [3.05, 3.63) is 29.3 Å². The Morgan fingerprint density at radius 3 is 2.52 bits per heavy atom. The van der Waals surface area contributed by atoms with E-state index in [1.165, 1.54) is 0 Å². The Balaban J connectivity index is 1.97. The highest BCUT2D eigenvalue weighted by molar-refractivity contribution is 5.81. The van der Waals surface area contributed by atoms with E-state index < -0.39 is 6.10 Å². The topological polar surface area (TPSA) is 41.6 Å². The molecule has 1 aromatic rings. The molecule has 0 radical (unpaired) electrons. The molecule has 0 spiro atoms. The van der Waals surface area contributed by atoms with Crippen molar-refractivity contribution in [1.29, 1.82) is 0 Å². The maximum atomic E-state index is 12.4. The van der Waals surface area contributed by atoms with Crippen LogP contribution in [0.3, 0.4) is 0 Å². The van der Waals surface area contributed by atoms with Gasteiger partial charge in [-0.1, -0.05) is 26.0 Å². The van der Waals surface area contributed by atoms with Crippen LogP contribution < -0.4 is 10.1 Å². The molecular formula is C19H30N2O2. The van der Waals surface area contributed by atoms with Crippen molar-refractivity contribution in [3.63, 3.8) is 0 Å². The average Bonchev–Trinajstić information content (AvgIpc) is 2.49. The lowest BCUT2D eigenvalue weighted by molar-refractivity contribution is -0.128. The van der Waals surface area contributed by atoms with Gasteiger partial charge >= 0.3 is 0 Å². The lowest BCUT2D eigenvalue weighted by Crippen LogP contribution is -2.47. The number of piperidine rings is 1. The first-order valence-electron chi connectivity index (χ1n) is 8.63. The average molecular weight is 318 g/mol. The summed E-state index contributed by atoms with van der Waals surface area (Å²) in [5.41, 5.74) is 2.29. The van der Waals surface area contributed by atoms with Gasteiger partial charge in [-0.15, -0.1) is 0 Å². The molecule has 1 atom stereocenters. The number of aryl methyl sites for hydroxylation is 1. The lowest BCUT2D eigenvalue weighted by atomic mass is 10.0. The monoisotopic (exact) mass is 318 g/mol. The molecule has 1 aromatic carbocycles. The normalized spacial score (nSPS) is 18.0. The number of carbonyl (C=O) groups is 1. The first kappa shape index (κ1) is 17.8. The van der Waals surface area contributed by atoms with Gasteiger partial charge in [0, 0.05) is 6.04 Å². The van der Waals surface area contributed by atoms with Gasteiger partial charge in [0.15, 0.2) is 6.10 Å². The van der Waals surface area contributed by atoms with E-state index in [9.17, 15) is 4.79 Å². The molecule has 1 amide bonds. The van der Waals surface area contributed by atoms with Gasteiger partial charge in [-0.25, -0.2) is 0 Å². The second-order valence-corrected chi connectivity index (χ2v) is 7.04. The van der Waals surface area contributed by atoms with Crippen LogP contribution in [0, 0.1) is 6.92 Å². The minimum Gasteiger partial charge on any atom is -0.481 e. The minimum atomic E-state index is -0.478. The molecule has 0 saturated carbocycles. The smallest absolute Gasteiger partial charge is 0.260 e. The van der Waals surface area contributed by atoms with Crippen molar-refractivity contribution in [1.82, 2.24) is 10.2 Å². The third-order valence-corrected chi connectivity index (χ3v) is 4.53. The van der Waals surface area contributed by atoms with Crippen molar-refractivity contribution in [2.24, 2.45) is 0 Å². The number of ether oxygens (including phenoxy) is 1. The molecule has 1 N–H and O–H groups in total. The number of likely N-dealkylation sites (tertiary alicyclic amines) is 1. The van der Waals surface area contributed by atoms with Gasteiger partial charge in [0.25, 0.3) is 5.91 Å². The molecule has 23 heavy (non-hydrogen) atoms. The molecule has 0 bridgehead atoms. The second kappa shape index (κ2) is 7.82. The van der Waals surface area contributed by atoms with E-state index in [0.717, 1.165) is 42.8 Å². The van der Waals surface area contributed by atoms with Crippen LogP contribution in [0.5, 0.6) is 5.75 Å². The Hall–Kier alpha value is -1.55. The van der Waals surface area contributed by atoms with E-state index in [4.69, 9.17) is 4.74 Å². The zero-order valence-corrected chi connectivity index (χ0v) is 15.1. The first-order chi connectivity index (χ1) is 10.9. The van der Waals surface area contributed by atoms with Crippen LogP contribution in [0.25, 0.3) is 0 Å². The summed E-state index contributed by atoms with van der Waals surface area (Å²) in [7, 11) is 2.12. The van der Waals surface area contributed by atoms with E-state index in [0.29, 0.717) is 5.92 Å². The molecule has 1 heterocycles. The van der Waals surface area contributed by atoms with E-state index in [-0.39, 0.29) is 11.9 Å². The number of nitrogens with zero attached hydrogens (tertiary/aromatic N) is 1. The fourth-order valence-electron chi connectivity index (χ4n) is 2.94. The number of amides is 1. The third-order valence-electron chi connectivity index (χ3n) is 4.53. The summed E-state index contributed by atoms with van der Waals surface area (Å²) in [6, 6.07) is 6.48. The maximum Gasteiger partial charge on any atom is 0.260 e. The summed E-state index contributed by atoms with van der Waals surface area (Å²) >= 11 is 0. The highest BCUT2D eigenvalue weighted by Gasteiger charge is 2.23. The molecule has 4 heteroatoms. The van der Waals surface area contributed by atoms with E-state index in [1.54, 1.807) is 0 Å². The van der Waals surface area contributed by atoms with Gasteiger partial charge in [-0.05, 0) is 69.9 Å². The Kier molecular flexibility index (Phi) is 6.05. The Labute approximate surface area is 140 Å². The van der Waals surface area contributed by atoms with Crippen LogP contribution in [-0.4, -0.2) is 43.1 Å². The number of hydrogen-bond donors (Lipinski definition) is 1. The van der Waals surface area contributed by atoms with Crippen LogP contribution in [0.4, 0.5) is 0 Å². The second-order valence-electron chi connectivity index (χ2n) is 7.04. The number of rotatable bonds is 5. The largest absolute Gasteiger partial charge is 0.481 e. The zero-order chi connectivity index (χ0) is 17.0. The van der Waals surface area contributed by atoms with Crippen molar-refractivity contribution in [2.75, 3.05) is 20.1 Å². The Morgan fingerprint density at radius 1 is 1.26 bits per heavy atom. The first-order valence-corrected chi connectivity index (χ1v) is 8.63. The van der Waals surface area contributed by atoms with E-state index in [1.807, 2.05) is 19.9 Å². The Morgan fingerprint density at radius 2 is 1.91 bits per heavy atom. The summed E-state index contributed by atoms with van der Waals surface area (Å²) < 4.78 is 5.99. The summed E-state index contributed by atoms with van der Waals surface area (Å²) in [4.78, 5) is 14.7. The van der Waals surface area contributed by atoms with Crippen molar-refractivity contribution < 1.29 is 9.53 Å². The maximum absolute atomic E-state index is 12.4. The number of nitrogens with one attached hydrogen (secondary N) is 1. The molecule has 4 nitrogen and oxygen atoms in total. The van der Waals surface area contributed by atoms with Gasteiger partial charge in [0.2, 0.25) is 0 Å². The molecule has 1 aliphatic heterocycles. The number of benzene rings is 1. The predicted molar refractivity (Wildman–Crippen MR) is 94.0 cm³/mol. The predicted octanol–water partition coefficient (Wildman–Crippen LogP) is 3.10. The lowest BCUT2D eigenvalue weighted by Gasteiger charge is -2.30. The summed E-state index contributed by atoms with van der Waals surface area (Å²) in [6.45, 7) is 10.2. The van der Waals surface area contributed by atoms with Crippen LogP contribution in [0.2, 0.25) is 0 Å². The molecule has 1 fully saturated rings. The van der Waals surface area contributed by atoms with Crippen molar-refractivity contribution in [3.8, 4) is 5.75 Å². The molecule has 2 rings (SSSR count). The fraction of sp³-hybridized carbons (Fsp3) is 0.632.